The van der Waals surface area contributed by atoms with Crippen molar-refractivity contribution in [2.24, 2.45) is 0 Å². The molecule has 1 fully saturated rings. The van der Waals surface area contributed by atoms with Crippen LogP contribution in [0.4, 0.5) is 10.6 Å². The molecule has 3 amide bonds. The number of carbonyl (C=O) groups excluding carboxylic acids is 2. The third-order valence-electron chi connectivity index (χ3n) is 5.16. The third kappa shape index (κ3) is 6.87. The van der Waals surface area contributed by atoms with Crippen molar-refractivity contribution in [2.45, 2.75) is 25.8 Å². The standard InChI is InChI=1S/C20H25Cl2N7O6/c1-10-14(21)15(22)16(24-10)18(31)25-11-3-6-29(7-4-11)13-9-12(17(30)28-34-2)26-19(27-13)35-8-5-23-20(32)33/h9,11,23-24H,3-8H2,1-2H3,(H,25,31)(H,28,30)(H,32,33). The van der Waals surface area contributed by atoms with Gasteiger partial charge in [-0.2, -0.15) is 9.97 Å². The van der Waals surface area contributed by atoms with Crippen molar-refractivity contribution in [1.29, 1.82) is 0 Å². The van der Waals surface area contributed by atoms with Gasteiger partial charge in [0.15, 0.2) is 0 Å². The summed E-state index contributed by atoms with van der Waals surface area (Å²) in [4.78, 5) is 53.3. The Morgan fingerprint density at radius 3 is 2.51 bits per heavy atom. The van der Waals surface area contributed by atoms with E-state index in [-0.39, 0.29) is 47.5 Å². The molecule has 190 valence electrons. The second-order valence-electron chi connectivity index (χ2n) is 7.60. The number of carbonyl (C=O) groups is 3. The van der Waals surface area contributed by atoms with E-state index in [4.69, 9.17) is 33.0 Å². The van der Waals surface area contributed by atoms with Crippen molar-refractivity contribution in [3.05, 3.63) is 33.2 Å². The number of H-pyrrole nitrogens is 1. The van der Waals surface area contributed by atoms with Gasteiger partial charge >= 0.3 is 12.1 Å². The highest BCUT2D eigenvalue weighted by atomic mass is 35.5. The maximum atomic E-state index is 12.6. The van der Waals surface area contributed by atoms with Crippen molar-refractivity contribution in [2.75, 3.05) is 38.3 Å². The number of hydrogen-bond donors (Lipinski definition) is 5. The second-order valence-corrected chi connectivity index (χ2v) is 8.35. The summed E-state index contributed by atoms with van der Waals surface area (Å²) in [5, 5.41) is 14.3. The number of aryl methyl sites for hydroxylation is 1. The zero-order valence-electron chi connectivity index (χ0n) is 19.0. The lowest BCUT2D eigenvalue weighted by Gasteiger charge is -2.33. The Morgan fingerprint density at radius 1 is 1.20 bits per heavy atom. The minimum absolute atomic E-state index is 0.0158. The molecule has 0 saturated carbocycles. The van der Waals surface area contributed by atoms with E-state index in [1.165, 1.54) is 13.2 Å². The summed E-state index contributed by atoms with van der Waals surface area (Å²) >= 11 is 12.2. The highest BCUT2D eigenvalue weighted by Crippen LogP contribution is 2.29. The predicted molar refractivity (Wildman–Crippen MR) is 126 cm³/mol. The number of nitrogens with zero attached hydrogens (tertiary/aromatic N) is 3. The maximum Gasteiger partial charge on any atom is 0.404 e. The lowest BCUT2D eigenvalue weighted by atomic mass is 10.0. The molecule has 3 rings (SSSR count). The molecule has 2 aromatic heterocycles. The number of amides is 3. The average Bonchev–Trinajstić information content (AvgIpc) is 3.09. The number of anilines is 1. The van der Waals surface area contributed by atoms with Gasteiger partial charge in [0, 0.05) is 30.9 Å². The summed E-state index contributed by atoms with van der Waals surface area (Å²) in [5.41, 5.74) is 3.05. The fourth-order valence-corrected chi connectivity index (χ4v) is 3.86. The summed E-state index contributed by atoms with van der Waals surface area (Å²) in [6, 6.07) is 1.31. The monoisotopic (exact) mass is 529 g/mol. The Morgan fingerprint density at radius 2 is 1.91 bits per heavy atom. The SMILES string of the molecule is CONC(=O)c1cc(N2CCC(NC(=O)c3[nH]c(C)c(Cl)c3Cl)CC2)nc(OCCNC(=O)O)n1. The van der Waals surface area contributed by atoms with Gasteiger partial charge in [0.1, 0.15) is 23.8 Å². The highest BCUT2D eigenvalue weighted by Gasteiger charge is 2.26. The first kappa shape index (κ1) is 26.3. The molecule has 0 unspecified atom stereocenters. The van der Waals surface area contributed by atoms with E-state index in [1.54, 1.807) is 6.92 Å². The van der Waals surface area contributed by atoms with Crippen molar-refractivity contribution in [3.63, 3.8) is 0 Å². The zero-order valence-corrected chi connectivity index (χ0v) is 20.5. The molecule has 35 heavy (non-hydrogen) atoms. The molecule has 0 aliphatic carbocycles. The van der Waals surface area contributed by atoms with Gasteiger partial charge in [0.05, 0.1) is 23.7 Å². The number of hydroxylamine groups is 1. The topological polar surface area (TPSA) is 171 Å². The van der Waals surface area contributed by atoms with Crippen LogP contribution in [0.15, 0.2) is 6.07 Å². The first-order valence-electron chi connectivity index (χ1n) is 10.6. The van der Waals surface area contributed by atoms with Gasteiger partial charge in [-0.25, -0.2) is 10.3 Å². The molecule has 0 radical (unpaired) electrons. The van der Waals surface area contributed by atoms with E-state index in [0.717, 1.165) is 0 Å². The fraction of sp³-hybridized carbons (Fsp3) is 0.450. The van der Waals surface area contributed by atoms with Gasteiger partial charge in [0.25, 0.3) is 11.8 Å². The molecule has 0 bridgehead atoms. The summed E-state index contributed by atoms with van der Waals surface area (Å²) in [7, 11) is 1.30. The smallest absolute Gasteiger partial charge is 0.404 e. The number of nitrogens with one attached hydrogen (secondary N) is 4. The van der Waals surface area contributed by atoms with Crippen molar-refractivity contribution < 1.29 is 29.1 Å². The number of aromatic amines is 1. The van der Waals surface area contributed by atoms with Crippen LogP contribution >= 0.6 is 23.2 Å². The summed E-state index contributed by atoms with van der Waals surface area (Å²) in [6.07, 6.45) is 0.0354. The van der Waals surface area contributed by atoms with Gasteiger partial charge in [0.2, 0.25) is 0 Å². The molecule has 13 nitrogen and oxygen atoms in total. The minimum Gasteiger partial charge on any atom is -0.465 e. The normalized spacial score (nSPS) is 13.9. The highest BCUT2D eigenvalue weighted by molar-refractivity contribution is 6.44. The van der Waals surface area contributed by atoms with Crippen LogP contribution in [0, 0.1) is 6.92 Å². The summed E-state index contributed by atoms with van der Waals surface area (Å²) in [6.45, 7) is 2.78. The van der Waals surface area contributed by atoms with Crippen LogP contribution in [0.1, 0.15) is 39.5 Å². The van der Waals surface area contributed by atoms with Crippen LogP contribution in [0.3, 0.4) is 0 Å². The molecule has 0 spiro atoms. The van der Waals surface area contributed by atoms with E-state index >= 15 is 0 Å². The molecule has 1 aliphatic heterocycles. The molecular weight excluding hydrogens is 505 g/mol. The number of ether oxygens (including phenoxy) is 1. The molecule has 3 heterocycles. The minimum atomic E-state index is -1.19. The average molecular weight is 530 g/mol. The molecule has 5 N–H and O–H groups in total. The summed E-state index contributed by atoms with van der Waals surface area (Å²) < 4.78 is 5.42. The Balaban J connectivity index is 1.65. The Hall–Kier alpha value is -3.29. The lowest BCUT2D eigenvalue weighted by Crippen LogP contribution is -2.45. The van der Waals surface area contributed by atoms with E-state index in [2.05, 4.69) is 35.9 Å². The van der Waals surface area contributed by atoms with Crippen molar-refractivity contribution in [1.82, 2.24) is 31.1 Å². The van der Waals surface area contributed by atoms with Crippen LogP contribution in [0.25, 0.3) is 0 Å². The van der Waals surface area contributed by atoms with Gasteiger partial charge in [-0.3, -0.25) is 14.4 Å². The van der Waals surface area contributed by atoms with E-state index in [0.29, 0.717) is 42.5 Å². The first-order chi connectivity index (χ1) is 16.7. The molecule has 15 heteroatoms. The van der Waals surface area contributed by atoms with Crippen LogP contribution in [0.5, 0.6) is 6.01 Å². The maximum absolute atomic E-state index is 12.6. The van der Waals surface area contributed by atoms with E-state index in [9.17, 15) is 14.4 Å². The molecule has 1 saturated heterocycles. The number of halogens is 2. The first-order valence-corrected chi connectivity index (χ1v) is 11.4. The second kappa shape index (κ2) is 11.9. The van der Waals surface area contributed by atoms with E-state index < -0.39 is 12.0 Å². The van der Waals surface area contributed by atoms with Crippen LogP contribution < -0.4 is 25.8 Å². The molecular formula is C20H25Cl2N7O6. The fourth-order valence-electron chi connectivity index (χ4n) is 3.44. The number of rotatable bonds is 9. The summed E-state index contributed by atoms with van der Waals surface area (Å²) in [5.74, 6) is -0.486. The lowest BCUT2D eigenvalue weighted by molar-refractivity contribution is 0.0531. The Kier molecular flexibility index (Phi) is 8.95. The van der Waals surface area contributed by atoms with Gasteiger partial charge in [-0.15, -0.1) is 0 Å². The van der Waals surface area contributed by atoms with E-state index in [1.807, 2.05) is 4.90 Å². The third-order valence-corrected chi connectivity index (χ3v) is 6.11. The van der Waals surface area contributed by atoms with Gasteiger partial charge < -0.3 is 30.4 Å². The number of carboxylic acid groups (broad SMARTS) is 1. The number of hydrogen-bond acceptors (Lipinski definition) is 8. The predicted octanol–water partition coefficient (Wildman–Crippen LogP) is 1.76. The largest absolute Gasteiger partial charge is 0.465 e. The van der Waals surface area contributed by atoms with Crippen molar-refractivity contribution in [3.8, 4) is 6.01 Å². The van der Waals surface area contributed by atoms with Gasteiger partial charge in [-0.1, -0.05) is 23.2 Å². The Labute approximate surface area is 210 Å². The molecule has 0 aromatic carbocycles. The molecule has 2 aromatic rings. The zero-order chi connectivity index (χ0) is 25.5. The Bertz CT molecular complexity index is 1090. The number of piperidine rings is 1. The van der Waals surface area contributed by atoms with Gasteiger partial charge in [-0.05, 0) is 19.8 Å². The van der Waals surface area contributed by atoms with Crippen LogP contribution in [0.2, 0.25) is 10.0 Å². The molecule has 1 aliphatic rings. The molecule has 0 atom stereocenters. The van der Waals surface area contributed by atoms with Crippen molar-refractivity contribution >= 4 is 46.9 Å². The van der Waals surface area contributed by atoms with Crippen LogP contribution in [-0.4, -0.2) is 77.4 Å². The number of aromatic nitrogens is 3. The van der Waals surface area contributed by atoms with Crippen LogP contribution in [-0.2, 0) is 4.84 Å². The quantitative estimate of drug-likeness (QED) is 0.239.